The molecule has 1 amide bonds. The first-order valence-corrected chi connectivity index (χ1v) is 10.5. The number of rotatable bonds is 7. The van der Waals surface area contributed by atoms with Gasteiger partial charge in [-0.05, 0) is 39.3 Å². The maximum absolute atomic E-state index is 12.2. The number of nitrogens with one attached hydrogen (secondary N) is 1. The summed E-state index contributed by atoms with van der Waals surface area (Å²) >= 11 is 1.40. The van der Waals surface area contributed by atoms with Crippen molar-refractivity contribution in [3.8, 4) is 17.1 Å². The first kappa shape index (κ1) is 20.1. The first-order chi connectivity index (χ1) is 13.5. The van der Waals surface area contributed by atoms with E-state index in [-0.39, 0.29) is 11.9 Å². The molecule has 0 aliphatic heterocycles. The number of carbonyl (C=O) groups is 1. The number of carbonyl (C=O) groups excluding carboxylic acids is 1. The van der Waals surface area contributed by atoms with Crippen LogP contribution in [0.1, 0.15) is 31.4 Å². The molecule has 1 heterocycles. The maximum Gasteiger partial charge on any atom is 0.230 e. The van der Waals surface area contributed by atoms with E-state index in [2.05, 4.69) is 72.7 Å². The van der Waals surface area contributed by atoms with Crippen LogP contribution in [0.5, 0.6) is 0 Å². The number of benzene rings is 2. The second-order valence-corrected chi connectivity index (χ2v) is 7.95. The van der Waals surface area contributed by atoms with Gasteiger partial charge in [-0.25, -0.2) is 0 Å². The first-order valence-electron chi connectivity index (χ1n) is 9.49. The molecule has 1 unspecified atom stereocenters. The predicted molar refractivity (Wildman–Crippen MR) is 115 cm³/mol. The van der Waals surface area contributed by atoms with E-state index >= 15 is 0 Å². The van der Waals surface area contributed by atoms with Crippen molar-refractivity contribution >= 4 is 17.7 Å². The zero-order chi connectivity index (χ0) is 20.1. The van der Waals surface area contributed by atoms with Crippen molar-refractivity contribution in [2.24, 2.45) is 0 Å². The molecule has 6 heteroatoms. The quantitative estimate of drug-likeness (QED) is 0.597. The summed E-state index contributed by atoms with van der Waals surface area (Å²) in [5.74, 6) is 1.09. The smallest absolute Gasteiger partial charge is 0.230 e. The van der Waals surface area contributed by atoms with Gasteiger partial charge < -0.3 is 5.32 Å². The standard InChI is InChI=1S/C22H26N4OS/c1-5-17(4)23-20(27)14-28-22-25-24-21(18-10-6-15(2)7-11-18)26(22)19-12-8-16(3)9-13-19/h6-13,17H,5,14H2,1-4H3,(H,23,27). The summed E-state index contributed by atoms with van der Waals surface area (Å²) in [6, 6.07) is 16.6. The number of thioether (sulfide) groups is 1. The van der Waals surface area contributed by atoms with Gasteiger partial charge in [0.1, 0.15) is 0 Å². The minimum absolute atomic E-state index is 0.00897. The van der Waals surface area contributed by atoms with E-state index < -0.39 is 0 Å². The number of hydrogen-bond donors (Lipinski definition) is 1. The molecule has 1 N–H and O–H groups in total. The van der Waals surface area contributed by atoms with E-state index in [4.69, 9.17) is 0 Å². The van der Waals surface area contributed by atoms with Crippen molar-refractivity contribution in [2.75, 3.05) is 5.75 Å². The predicted octanol–water partition coefficient (Wildman–Crippen LogP) is 4.56. The number of aryl methyl sites for hydroxylation is 2. The molecule has 1 atom stereocenters. The monoisotopic (exact) mass is 394 g/mol. The molecule has 5 nitrogen and oxygen atoms in total. The highest BCUT2D eigenvalue weighted by Crippen LogP contribution is 2.28. The van der Waals surface area contributed by atoms with Gasteiger partial charge in [0.05, 0.1) is 5.75 Å². The Hall–Kier alpha value is -2.60. The summed E-state index contributed by atoms with van der Waals surface area (Å²) in [5, 5.41) is 12.5. The van der Waals surface area contributed by atoms with E-state index in [9.17, 15) is 4.79 Å². The molecule has 0 fully saturated rings. The van der Waals surface area contributed by atoms with E-state index in [0.717, 1.165) is 23.5 Å². The third kappa shape index (κ3) is 4.81. The fourth-order valence-electron chi connectivity index (χ4n) is 2.73. The third-order valence-corrected chi connectivity index (χ3v) is 5.52. The van der Waals surface area contributed by atoms with Gasteiger partial charge in [-0.3, -0.25) is 9.36 Å². The van der Waals surface area contributed by atoms with Gasteiger partial charge in [-0.2, -0.15) is 0 Å². The fourth-order valence-corrected chi connectivity index (χ4v) is 3.49. The summed E-state index contributed by atoms with van der Waals surface area (Å²) in [5.41, 5.74) is 4.36. The molecular formula is C22H26N4OS. The minimum atomic E-state index is 0.00897. The summed E-state index contributed by atoms with van der Waals surface area (Å²) < 4.78 is 2.02. The molecule has 28 heavy (non-hydrogen) atoms. The maximum atomic E-state index is 12.2. The Bertz CT molecular complexity index is 932. The minimum Gasteiger partial charge on any atom is -0.353 e. The Morgan fingerprint density at radius 1 is 1.04 bits per heavy atom. The van der Waals surface area contributed by atoms with Crippen LogP contribution in [0.4, 0.5) is 0 Å². The average molecular weight is 395 g/mol. The van der Waals surface area contributed by atoms with Crippen molar-refractivity contribution in [3.05, 3.63) is 59.7 Å². The van der Waals surface area contributed by atoms with Crippen LogP contribution in [-0.2, 0) is 4.79 Å². The number of nitrogens with zero attached hydrogens (tertiary/aromatic N) is 3. The Morgan fingerprint density at radius 3 is 2.25 bits per heavy atom. The van der Waals surface area contributed by atoms with Gasteiger partial charge in [-0.1, -0.05) is 66.2 Å². The highest BCUT2D eigenvalue weighted by molar-refractivity contribution is 7.99. The molecule has 146 valence electrons. The van der Waals surface area contributed by atoms with Crippen LogP contribution in [0.3, 0.4) is 0 Å². The molecule has 0 saturated carbocycles. The lowest BCUT2D eigenvalue weighted by Gasteiger charge is -2.12. The van der Waals surface area contributed by atoms with Crippen molar-refractivity contribution in [3.63, 3.8) is 0 Å². The topological polar surface area (TPSA) is 59.8 Å². The number of aromatic nitrogens is 3. The molecule has 3 aromatic rings. The molecule has 0 aliphatic carbocycles. The fraction of sp³-hybridized carbons (Fsp3) is 0.318. The largest absolute Gasteiger partial charge is 0.353 e. The molecule has 0 saturated heterocycles. The molecule has 0 bridgehead atoms. The van der Waals surface area contributed by atoms with Crippen LogP contribution in [0.15, 0.2) is 53.7 Å². The highest BCUT2D eigenvalue weighted by atomic mass is 32.2. The van der Waals surface area contributed by atoms with Gasteiger partial charge in [-0.15, -0.1) is 10.2 Å². The Kier molecular flexibility index (Phi) is 6.52. The zero-order valence-electron chi connectivity index (χ0n) is 16.8. The summed E-state index contributed by atoms with van der Waals surface area (Å²) in [6.45, 7) is 8.18. The molecule has 2 aromatic carbocycles. The van der Waals surface area contributed by atoms with Crippen LogP contribution in [0.25, 0.3) is 17.1 Å². The number of hydrogen-bond acceptors (Lipinski definition) is 4. The van der Waals surface area contributed by atoms with E-state index in [1.807, 2.05) is 23.6 Å². The van der Waals surface area contributed by atoms with E-state index in [0.29, 0.717) is 10.9 Å². The molecule has 0 radical (unpaired) electrons. The Balaban J connectivity index is 1.92. The third-order valence-electron chi connectivity index (χ3n) is 4.59. The Morgan fingerprint density at radius 2 is 1.64 bits per heavy atom. The molecular weight excluding hydrogens is 368 g/mol. The van der Waals surface area contributed by atoms with Crippen molar-refractivity contribution in [1.82, 2.24) is 20.1 Å². The lowest BCUT2D eigenvalue weighted by atomic mass is 10.1. The second kappa shape index (κ2) is 9.06. The average Bonchev–Trinajstić information content (AvgIpc) is 3.11. The summed E-state index contributed by atoms with van der Waals surface area (Å²) in [6.07, 6.45) is 0.910. The van der Waals surface area contributed by atoms with Gasteiger partial charge >= 0.3 is 0 Å². The summed E-state index contributed by atoms with van der Waals surface area (Å²) in [4.78, 5) is 12.2. The van der Waals surface area contributed by atoms with Crippen molar-refractivity contribution in [1.29, 1.82) is 0 Å². The lowest BCUT2D eigenvalue weighted by molar-refractivity contribution is -0.119. The normalized spacial score (nSPS) is 12.0. The molecule has 0 spiro atoms. The number of amides is 1. The van der Waals surface area contributed by atoms with Crippen LogP contribution in [-0.4, -0.2) is 32.5 Å². The second-order valence-electron chi connectivity index (χ2n) is 7.01. The molecule has 3 rings (SSSR count). The molecule has 1 aromatic heterocycles. The highest BCUT2D eigenvalue weighted by Gasteiger charge is 2.17. The zero-order valence-corrected chi connectivity index (χ0v) is 17.6. The SMILES string of the molecule is CCC(C)NC(=O)CSc1nnc(-c2ccc(C)cc2)n1-c1ccc(C)cc1. The van der Waals surface area contributed by atoms with Crippen LogP contribution in [0, 0.1) is 13.8 Å². The van der Waals surface area contributed by atoms with E-state index in [1.165, 1.54) is 22.9 Å². The van der Waals surface area contributed by atoms with Gasteiger partial charge in [0, 0.05) is 17.3 Å². The Labute approximate surface area is 170 Å². The van der Waals surface area contributed by atoms with Crippen LogP contribution < -0.4 is 5.32 Å². The van der Waals surface area contributed by atoms with Gasteiger partial charge in [0.15, 0.2) is 11.0 Å². The summed E-state index contributed by atoms with van der Waals surface area (Å²) in [7, 11) is 0. The van der Waals surface area contributed by atoms with Gasteiger partial charge in [0.25, 0.3) is 0 Å². The van der Waals surface area contributed by atoms with Crippen molar-refractivity contribution < 1.29 is 4.79 Å². The van der Waals surface area contributed by atoms with Crippen LogP contribution >= 0.6 is 11.8 Å². The van der Waals surface area contributed by atoms with E-state index in [1.54, 1.807) is 0 Å². The van der Waals surface area contributed by atoms with Crippen molar-refractivity contribution in [2.45, 2.75) is 45.3 Å². The van der Waals surface area contributed by atoms with Crippen LogP contribution in [0.2, 0.25) is 0 Å². The lowest BCUT2D eigenvalue weighted by Crippen LogP contribution is -2.33. The molecule has 0 aliphatic rings. The van der Waals surface area contributed by atoms with Gasteiger partial charge in [0.2, 0.25) is 5.91 Å².